The molecule has 0 fully saturated rings. The zero-order valence-electron chi connectivity index (χ0n) is 8.83. The summed E-state index contributed by atoms with van der Waals surface area (Å²) in [5, 5.41) is 0. The molecule has 0 aliphatic heterocycles. The van der Waals surface area contributed by atoms with Gasteiger partial charge in [-0.25, -0.2) is 0 Å². The van der Waals surface area contributed by atoms with E-state index in [1.807, 2.05) is 24.3 Å². The third-order valence-electron chi connectivity index (χ3n) is 2.15. The largest absolute Gasteiger partial charge is 0.385 e. The summed E-state index contributed by atoms with van der Waals surface area (Å²) in [5.41, 5.74) is 1.06. The van der Waals surface area contributed by atoms with Crippen molar-refractivity contribution in [2.45, 2.75) is 19.3 Å². The zero-order valence-corrected chi connectivity index (χ0v) is 10.4. The van der Waals surface area contributed by atoms with Gasteiger partial charge in [-0.05, 0) is 18.1 Å². The van der Waals surface area contributed by atoms with E-state index in [1.54, 1.807) is 7.11 Å². The highest BCUT2D eigenvalue weighted by molar-refractivity contribution is 9.10. The van der Waals surface area contributed by atoms with E-state index < -0.39 is 0 Å². The second kappa shape index (κ2) is 6.75. The highest BCUT2D eigenvalue weighted by Crippen LogP contribution is 2.17. The number of carbonyl (C=O) groups is 1. The lowest BCUT2D eigenvalue weighted by molar-refractivity contribution is -0.118. The summed E-state index contributed by atoms with van der Waals surface area (Å²) < 4.78 is 5.91. The van der Waals surface area contributed by atoms with Crippen molar-refractivity contribution in [3.05, 3.63) is 34.3 Å². The van der Waals surface area contributed by atoms with Crippen molar-refractivity contribution >= 4 is 21.7 Å². The summed E-state index contributed by atoms with van der Waals surface area (Å²) in [7, 11) is 1.65. The van der Waals surface area contributed by atoms with Crippen LogP contribution in [0.1, 0.15) is 18.4 Å². The predicted molar refractivity (Wildman–Crippen MR) is 64.0 cm³/mol. The van der Waals surface area contributed by atoms with Gasteiger partial charge in [0.15, 0.2) is 0 Å². The van der Waals surface area contributed by atoms with Crippen molar-refractivity contribution < 1.29 is 9.53 Å². The van der Waals surface area contributed by atoms with Crippen LogP contribution in [0.25, 0.3) is 0 Å². The Labute approximate surface area is 98.8 Å². The summed E-state index contributed by atoms with van der Waals surface area (Å²) in [4.78, 5) is 11.6. The lowest BCUT2D eigenvalue weighted by atomic mass is 10.1. The van der Waals surface area contributed by atoms with Crippen LogP contribution in [0, 0.1) is 0 Å². The monoisotopic (exact) mass is 270 g/mol. The molecule has 0 saturated heterocycles. The van der Waals surface area contributed by atoms with Gasteiger partial charge in [0.25, 0.3) is 0 Å². The highest BCUT2D eigenvalue weighted by atomic mass is 79.9. The maximum absolute atomic E-state index is 11.6. The van der Waals surface area contributed by atoms with Gasteiger partial charge in [-0.15, -0.1) is 0 Å². The predicted octanol–water partition coefficient (Wildman–Crippen LogP) is 2.99. The second-order valence-electron chi connectivity index (χ2n) is 3.40. The Balaban J connectivity index is 2.41. The van der Waals surface area contributed by atoms with E-state index in [9.17, 15) is 4.79 Å². The Hall–Kier alpha value is -0.670. The van der Waals surface area contributed by atoms with E-state index in [2.05, 4.69) is 15.9 Å². The normalized spacial score (nSPS) is 10.3. The number of hydrogen-bond donors (Lipinski definition) is 0. The average Bonchev–Trinajstić information content (AvgIpc) is 2.22. The second-order valence-corrected chi connectivity index (χ2v) is 4.26. The first kappa shape index (κ1) is 12.4. The molecule has 0 heterocycles. The molecule has 82 valence electrons. The van der Waals surface area contributed by atoms with Crippen LogP contribution in [0.15, 0.2) is 28.7 Å². The first-order valence-corrected chi connectivity index (χ1v) is 5.77. The Morgan fingerprint density at radius 2 is 2.13 bits per heavy atom. The summed E-state index contributed by atoms with van der Waals surface area (Å²) in [5.74, 6) is 0.263. The fourth-order valence-electron chi connectivity index (χ4n) is 1.36. The first-order chi connectivity index (χ1) is 7.24. The molecule has 0 aliphatic carbocycles. The fourth-order valence-corrected chi connectivity index (χ4v) is 1.78. The maximum atomic E-state index is 11.6. The molecule has 0 aliphatic rings. The molecular formula is C12H15BrO2. The van der Waals surface area contributed by atoms with Crippen LogP contribution in [0.2, 0.25) is 0 Å². The van der Waals surface area contributed by atoms with Gasteiger partial charge >= 0.3 is 0 Å². The van der Waals surface area contributed by atoms with Crippen molar-refractivity contribution in [1.82, 2.24) is 0 Å². The lowest BCUT2D eigenvalue weighted by Gasteiger charge is -2.03. The van der Waals surface area contributed by atoms with E-state index >= 15 is 0 Å². The van der Waals surface area contributed by atoms with Crippen molar-refractivity contribution in [2.24, 2.45) is 0 Å². The van der Waals surface area contributed by atoms with Crippen molar-refractivity contribution in [1.29, 1.82) is 0 Å². The quantitative estimate of drug-likeness (QED) is 0.743. The third-order valence-corrected chi connectivity index (χ3v) is 2.92. The Kier molecular flexibility index (Phi) is 5.58. The average molecular weight is 271 g/mol. The standard InChI is InChI=1S/C12H15BrO2/c1-15-8-4-6-11(14)9-10-5-2-3-7-12(10)13/h2-3,5,7H,4,6,8-9H2,1H3. The molecule has 1 aromatic rings. The number of carbonyl (C=O) groups excluding carboxylic acids is 1. The number of Topliss-reactive ketones (excluding diaryl/α,β-unsaturated/α-hetero) is 1. The molecule has 1 rings (SSSR count). The number of ether oxygens (including phenoxy) is 1. The molecule has 0 amide bonds. The van der Waals surface area contributed by atoms with Crippen molar-refractivity contribution in [2.75, 3.05) is 13.7 Å². The number of rotatable bonds is 6. The SMILES string of the molecule is COCCCC(=O)Cc1ccccc1Br. The number of halogens is 1. The molecular weight excluding hydrogens is 256 g/mol. The summed E-state index contributed by atoms with van der Waals surface area (Å²) >= 11 is 3.43. The van der Waals surface area contributed by atoms with E-state index in [0.717, 1.165) is 16.5 Å². The molecule has 0 atom stereocenters. The van der Waals surface area contributed by atoms with Gasteiger partial charge in [0, 0.05) is 31.0 Å². The van der Waals surface area contributed by atoms with Crippen LogP contribution in [0.5, 0.6) is 0 Å². The molecule has 0 saturated carbocycles. The highest BCUT2D eigenvalue weighted by Gasteiger charge is 2.05. The smallest absolute Gasteiger partial charge is 0.137 e. The molecule has 0 unspecified atom stereocenters. The molecule has 15 heavy (non-hydrogen) atoms. The third kappa shape index (κ3) is 4.58. The van der Waals surface area contributed by atoms with E-state index in [-0.39, 0.29) is 5.78 Å². The van der Waals surface area contributed by atoms with Gasteiger partial charge in [0.2, 0.25) is 0 Å². The molecule has 0 aromatic heterocycles. The van der Waals surface area contributed by atoms with Gasteiger partial charge < -0.3 is 4.74 Å². The van der Waals surface area contributed by atoms with Crippen molar-refractivity contribution in [3.8, 4) is 0 Å². The number of ketones is 1. The molecule has 0 N–H and O–H groups in total. The number of hydrogen-bond acceptors (Lipinski definition) is 2. The van der Waals surface area contributed by atoms with Gasteiger partial charge in [0.05, 0.1) is 0 Å². The van der Waals surface area contributed by atoms with Crippen LogP contribution in [0.4, 0.5) is 0 Å². The van der Waals surface area contributed by atoms with Crippen LogP contribution >= 0.6 is 15.9 Å². The fraction of sp³-hybridized carbons (Fsp3) is 0.417. The van der Waals surface area contributed by atoms with E-state index in [4.69, 9.17) is 4.74 Å². The van der Waals surface area contributed by atoms with E-state index in [0.29, 0.717) is 19.4 Å². The zero-order chi connectivity index (χ0) is 11.1. The number of benzene rings is 1. The molecule has 2 nitrogen and oxygen atoms in total. The maximum Gasteiger partial charge on any atom is 0.137 e. The number of methoxy groups -OCH3 is 1. The van der Waals surface area contributed by atoms with Gasteiger partial charge in [-0.2, -0.15) is 0 Å². The summed E-state index contributed by atoms with van der Waals surface area (Å²) in [6, 6.07) is 7.82. The van der Waals surface area contributed by atoms with Crippen LogP contribution < -0.4 is 0 Å². The van der Waals surface area contributed by atoms with Crippen LogP contribution in [-0.2, 0) is 16.0 Å². The minimum Gasteiger partial charge on any atom is -0.385 e. The minimum atomic E-state index is 0.263. The van der Waals surface area contributed by atoms with E-state index in [1.165, 1.54) is 0 Å². The Bertz CT molecular complexity index is 323. The van der Waals surface area contributed by atoms with Crippen molar-refractivity contribution in [3.63, 3.8) is 0 Å². The Morgan fingerprint density at radius 1 is 1.40 bits per heavy atom. The molecule has 0 spiro atoms. The van der Waals surface area contributed by atoms with Gasteiger partial charge in [-0.1, -0.05) is 34.1 Å². The van der Waals surface area contributed by atoms with Gasteiger partial charge in [0.1, 0.15) is 5.78 Å². The topological polar surface area (TPSA) is 26.3 Å². The molecule has 1 aromatic carbocycles. The molecule has 0 radical (unpaired) electrons. The molecule has 0 bridgehead atoms. The molecule has 3 heteroatoms. The summed E-state index contributed by atoms with van der Waals surface area (Å²) in [6.07, 6.45) is 1.90. The Morgan fingerprint density at radius 3 is 2.80 bits per heavy atom. The minimum absolute atomic E-state index is 0.263. The van der Waals surface area contributed by atoms with Gasteiger partial charge in [-0.3, -0.25) is 4.79 Å². The lowest BCUT2D eigenvalue weighted by Crippen LogP contribution is -2.04. The van der Waals surface area contributed by atoms with Crippen LogP contribution in [0.3, 0.4) is 0 Å². The first-order valence-electron chi connectivity index (χ1n) is 4.98. The summed E-state index contributed by atoms with van der Waals surface area (Å²) in [6.45, 7) is 0.654. The van der Waals surface area contributed by atoms with Crippen LogP contribution in [-0.4, -0.2) is 19.5 Å².